The average molecular weight is 537 g/mol. The Bertz CT molecular complexity index is 834. The molecule has 0 amide bonds. The number of benzene rings is 2. The number of aromatic nitrogens is 2. The quantitative estimate of drug-likeness (QED) is 0.270. The summed E-state index contributed by atoms with van der Waals surface area (Å²) >= 11 is -0.315. The Labute approximate surface area is 134 Å². The van der Waals surface area contributed by atoms with Gasteiger partial charge in [-0.15, -0.1) is 0 Å². The van der Waals surface area contributed by atoms with Gasteiger partial charge in [-0.05, 0) is 0 Å². The van der Waals surface area contributed by atoms with Crippen LogP contribution in [0.5, 0.6) is 0 Å². The molecule has 95 valence electrons. The molecule has 0 spiro atoms. The van der Waals surface area contributed by atoms with E-state index in [1.807, 2.05) is 29.2 Å². The molecule has 2 nitrogen and oxygen atoms in total. The molecule has 0 aliphatic rings. The first-order valence-electron chi connectivity index (χ1n) is 5.75. The molecule has 0 fully saturated rings. The van der Waals surface area contributed by atoms with E-state index >= 15 is 0 Å². The Morgan fingerprint density at radius 3 is 2.79 bits per heavy atom. The third kappa shape index (κ3) is 2.10. The van der Waals surface area contributed by atoms with Gasteiger partial charge in [0.05, 0.1) is 0 Å². The third-order valence-electron chi connectivity index (χ3n) is 3.05. The number of hydrogen-bond acceptors (Lipinski definition) is 1. The van der Waals surface area contributed by atoms with E-state index in [0.29, 0.717) is 0 Å². The number of hydrogen-bond donors (Lipinski definition) is 0. The van der Waals surface area contributed by atoms with E-state index in [4.69, 9.17) is 0 Å². The van der Waals surface area contributed by atoms with E-state index in [1.165, 1.54) is 17.6 Å². The summed E-state index contributed by atoms with van der Waals surface area (Å²) < 4.78 is 4.90. The molecule has 0 atom stereocenters. The fourth-order valence-corrected chi connectivity index (χ4v) is 5.65. The fraction of sp³-hybridized carbons (Fsp3) is 0. The van der Waals surface area contributed by atoms with Crippen LogP contribution in [0.15, 0.2) is 54.9 Å². The summed E-state index contributed by atoms with van der Waals surface area (Å²) in [6.45, 7) is 0. The van der Waals surface area contributed by atoms with E-state index in [2.05, 4.69) is 41.5 Å². The Morgan fingerprint density at radius 2 is 1.95 bits per heavy atom. The van der Waals surface area contributed by atoms with Crippen LogP contribution < -0.4 is 0 Å². The monoisotopic (exact) mass is 540 g/mol. The van der Waals surface area contributed by atoms with Crippen molar-refractivity contribution in [2.24, 2.45) is 0 Å². The molecule has 0 bridgehead atoms. The Balaban J connectivity index is 0.00000110. The van der Waals surface area contributed by atoms with Crippen molar-refractivity contribution in [1.82, 2.24) is 9.78 Å². The SMILES string of the molecule is [Ir].[c-]1ccc2c([te]c3ccccc32)c1-n1cccn1. The zero-order chi connectivity index (χ0) is 11.9. The Hall–Kier alpha value is -0.911. The fourth-order valence-electron chi connectivity index (χ4n) is 2.25. The molecule has 1 radical (unpaired) electrons. The summed E-state index contributed by atoms with van der Waals surface area (Å²) in [4.78, 5) is 0. The Kier molecular flexibility index (Phi) is 3.60. The zero-order valence-corrected chi connectivity index (χ0v) is 14.6. The average Bonchev–Trinajstić information content (AvgIpc) is 3.05. The van der Waals surface area contributed by atoms with E-state index in [0.717, 1.165) is 5.69 Å². The van der Waals surface area contributed by atoms with Gasteiger partial charge < -0.3 is 0 Å². The van der Waals surface area contributed by atoms with Gasteiger partial charge in [0.1, 0.15) is 0 Å². The molecule has 4 heteroatoms. The van der Waals surface area contributed by atoms with Gasteiger partial charge in [0, 0.05) is 20.1 Å². The predicted octanol–water partition coefficient (Wildman–Crippen LogP) is 3.03. The van der Waals surface area contributed by atoms with Crippen LogP contribution in [0.3, 0.4) is 0 Å². The molecule has 0 aliphatic carbocycles. The second-order valence-corrected chi connectivity index (χ2v) is 7.12. The molecule has 2 aromatic heterocycles. The molecular weight excluding hydrogens is 528 g/mol. The van der Waals surface area contributed by atoms with Gasteiger partial charge in [-0.3, -0.25) is 0 Å². The number of nitrogens with zero attached hydrogens (tertiary/aromatic N) is 2. The second kappa shape index (κ2) is 5.23. The summed E-state index contributed by atoms with van der Waals surface area (Å²) in [6, 6.07) is 18.2. The van der Waals surface area contributed by atoms with Gasteiger partial charge in [0.2, 0.25) is 0 Å². The van der Waals surface area contributed by atoms with Crippen LogP contribution in [0, 0.1) is 6.07 Å². The summed E-state index contributed by atoms with van der Waals surface area (Å²) in [7, 11) is 0. The van der Waals surface area contributed by atoms with Crippen molar-refractivity contribution in [1.29, 1.82) is 0 Å². The van der Waals surface area contributed by atoms with Crippen LogP contribution >= 0.6 is 0 Å². The predicted molar refractivity (Wildman–Crippen MR) is 74.4 cm³/mol. The summed E-state index contributed by atoms with van der Waals surface area (Å²) in [5, 5.41) is 7.11. The van der Waals surface area contributed by atoms with Crippen molar-refractivity contribution in [3.05, 3.63) is 60.9 Å². The topological polar surface area (TPSA) is 17.8 Å². The van der Waals surface area contributed by atoms with E-state index < -0.39 is 0 Å². The molecular formula is C15H9IrN2Te-. The van der Waals surface area contributed by atoms with Crippen molar-refractivity contribution < 1.29 is 20.1 Å². The van der Waals surface area contributed by atoms with E-state index in [1.54, 1.807) is 0 Å². The molecule has 19 heavy (non-hydrogen) atoms. The van der Waals surface area contributed by atoms with Crippen LogP contribution in [-0.2, 0) is 20.1 Å². The second-order valence-electron chi connectivity index (χ2n) is 4.12. The van der Waals surface area contributed by atoms with Crippen LogP contribution in [-0.4, -0.2) is 30.2 Å². The van der Waals surface area contributed by atoms with Crippen molar-refractivity contribution in [3.8, 4) is 5.69 Å². The number of rotatable bonds is 1. The Morgan fingerprint density at radius 1 is 1.05 bits per heavy atom. The first-order chi connectivity index (χ1) is 8.93. The molecule has 4 rings (SSSR count). The first kappa shape index (κ1) is 13.1. The van der Waals surface area contributed by atoms with Crippen LogP contribution in [0.1, 0.15) is 0 Å². The van der Waals surface area contributed by atoms with Crippen molar-refractivity contribution in [2.75, 3.05) is 0 Å². The van der Waals surface area contributed by atoms with Gasteiger partial charge in [-0.1, -0.05) is 0 Å². The number of fused-ring (bicyclic) bond motifs is 3. The van der Waals surface area contributed by atoms with Gasteiger partial charge >= 0.3 is 114 Å². The third-order valence-corrected chi connectivity index (χ3v) is 6.46. The van der Waals surface area contributed by atoms with Gasteiger partial charge in [0.15, 0.2) is 0 Å². The molecule has 0 aliphatic heterocycles. The summed E-state index contributed by atoms with van der Waals surface area (Å²) in [5.41, 5.74) is 1.12. The van der Waals surface area contributed by atoms with Crippen LogP contribution in [0.25, 0.3) is 23.3 Å². The van der Waals surface area contributed by atoms with Crippen molar-refractivity contribution in [3.63, 3.8) is 0 Å². The molecule has 0 saturated heterocycles. The maximum absolute atomic E-state index is 4.33. The van der Waals surface area contributed by atoms with Gasteiger partial charge in [-0.25, -0.2) is 0 Å². The first-order valence-corrected chi connectivity index (χ1v) is 8.08. The molecule has 2 heterocycles. The normalized spacial score (nSPS) is 10.7. The van der Waals surface area contributed by atoms with E-state index in [9.17, 15) is 0 Å². The standard InChI is InChI=1S/C15H9N2Te.Ir/c1-2-8-14-11(5-1)12-6-3-7-13(15(12)18-14)17-10-4-9-16-17;/h1-6,8-10H;/q-1;. The van der Waals surface area contributed by atoms with Crippen molar-refractivity contribution >= 4 is 38.0 Å². The van der Waals surface area contributed by atoms with Gasteiger partial charge in [0.25, 0.3) is 0 Å². The molecule has 2 aromatic carbocycles. The minimum atomic E-state index is -0.315. The molecule has 0 N–H and O–H groups in total. The van der Waals surface area contributed by atoms with Crippen LogP contribution in [0.2, 0.25) is 0 Å². The minimum absolute atomic E-state index is 0. The van der Waals surface area contributed by atoms with Gasteiger partial charge in [-0.2, -0.15) is 0 Å². The zero-order valence-electron chi connectivity index (χ0n) is 9.83. The summed E-state index contributed by atoms with van der Waals surface area (Å²) in [6.07, 6.45) is 3.80. The molecule has 0 saturated carbocycles. The van der Waals surface area contributed by atoms with E-state index in [-0.39, 0.29) is 40.5 Å². The molecule has 0 unspecified atom stereocenters. The maximum atomic E-state index is 4.33. The molecule has 4 aromatic rings. The summed E-state index contributed by atoms with van der Waals surface area (Å²) in [5.74, 6) is 0. The van der Waals surface area contributed by atoms with Crippen molar-refractivity contribution in [2.45, 2.75) is 0 Å². The van der Waals surface area contributed by atoms with Crippen LogP contribution in [0.4, 0.5) is 0 Å².